The number of aryl methyl sites for hydroxylation is 1. The van der Waals surface area contributed by atoms with E-state index in [2.05, 4.69) is 52.8 Å². The van der Waals surface area contributed by atoms with E-state index in [9.17, 15) is 4.79 Å². The number of H-pyrrole nitrogens is 1. The quantitative estimate of drug-likeness (QED) is 0.720. The van der Waals surface area contributed by atoms with Crippen LogP contribution < -0.4 is 5.32 Å². The lowest BCUT2D eigenvalue weighted by molar-refractivity contribution is -0.721. The minimum atomic E-state index is -0.169. The van der Waals surface area contributed by atoms with Gasteiger partial charge in [0.25, 0.3) is 0 Å². The van der Waals surface area contributed by atoms with Crippen molar-refractivity contribution in [3.05, 3.63) is 71.4 Å². The highest BCUT2D eigenvalue weighted by molar-refractivity contribution is 5.86. The number of fused-ring (bicyclic) bond motifs is 3. The number of aromatic amines is 1. The van der Waals surface area contributed by atoms with Crippen LogP contribution in [-0.2, 0) is 22.4 Å². The minimum Gasteiger partial charge on any atom is -0.465 e. The number of nitrogens with one attached hydrogen (secondary N) is 1. The van der Waals surface area contributed by atoms with Gasteiger partial charge in [0, 0.05) is 23.7 Å². The van der Waals surface area contributed by atoms with Crippen molar-refractivity contribution in [2.75, 3.05) is 7.11 Å². The second kappa shape index (κ2) is 6.73. The maximum atomic E-state index is 12.2. The summed E-state index contributed by atoms with van der Waals surface area (Å²) < 4.78 is 5.02. The van der Waals surface area contributed by atoms with E-state index in [0.717, 1.165) is 18.4 Å². The van der Waals surface area contributed by atoms with E-state index in [-0.39, 0.29) is 18.1 Å². The number of nitrogens with two attached hydrogens (primary N) is 1. The third-order valence-electron chi connectivity index (χ3n) is 5.20. The van der Waals surface area contributed by atoms with Crippen LogP contribution in [0.5, 0.6) is 0 Å². The van der Waals surface area contributed by atoms with Gasteiger partial charge in [-0.2, -0.15) is 0 Å². The van der Waals surface area contributed by atoms with Crippen LogP contribution in [0, 0.1) is 0 Å². The van der Waals surface area contributed by atoms with Crippen LogP contribution in [0.2, 0.25) is 0 Å². The Labute approximate surface area is 147 Å². The Bertz CT molecular complexity index is 885. The summed E-state index contributed by atoms with van der Waals surface area (Å²) >= 11 is 0. The number of ether oxygens (including phenoxy) is 1. The Balaban J connectivity index is 1.66. The maximum absolute atomic E-state index is 12.2. The van der Waals surface area contributed by atoms with Crippen LogP contribution in [-0.4, -0.2) is 24.1 Å². The smallest absolute Gasteiger partial charge is 0.364 e. The van der Waals surface area contributed by atoms with Crippen molar-refractivity contribution in [1.82, 2.24) is 4.98 Å². The molecule has 0 amide bonds. The molecular weight excluding hydrogens is 312 g/mol. The molecule has 0 aliphatic carbocycles. The van der Waals surface area contributed by atoms with Gasteiger partial charge in [0.15, 0.2) is 6.04 Å². The minimum absolute atomic E-state index is 0.138. The predicted octanol–water partition coefficient (Wildman–Crippen LogP) is 2.50. The Kier molecular flexibility index (Phi) is 4.28. The highest BCUT2D eigenvalue weighted by Crippen LogP contribution is 2.30. The molecule has 0 bridgehead atoms. The first kappa shape index (κ1) is 15.9. The Morgan fingerprint density at radius 1 is 1.16 bits per heavy atom. The molecule has 0 unspecified atom stereocenters. The molecule has 1 aliphatic heterocycles. The standard InChI is InChI=1S/C21H22N2O2/c1-25-21(24)19-13-16-15-9-5-6-10-17(15)23-20(16)18(22-19)12-11-14-7-3-2-4-8-14/h2-10,18-19,22-23H,11-13H2,1H3/p+1/t18-,19+/m0/s1. The van der Waals surface area contributed by atoms with Crippen LogP contribution in [0.25, 0.3) is 10.9 Å². The molecule has 4 heteroatoms. The number of esters is 1. The van der Waals surface area contributed by atoms with Gasteiger partial charge < -0.3 is 15.0 Å². The molecule has 3 N–H and O–H groups in total. The average molecular weight is 335 g/mol. The molecule has 0 saturated heterocycles. The third kappa shape index (κ3) is 3.05. The van der Waals surface area contributed by atoms with E-state index < -0.39 is 0 Å². The van der Waals surface area contributed by atoms with Crippen molar-refractivity contribution in [2.24, 2.45) is 0 Å². The number of aromatic nitrogens is 1. The van der Waals surface area contributed by atoms with Gasteiger partial charge in [-0.25, -0.2) is 4.79 Å². The number of methoxy groups -OCH3 is 1. The number of benzene rings is 2. The van der Waals surface area contributed by atoms with E-state index in [1.54, 1.807) is 0 Å². The van der Waals surface area contributed by atoms with Gasteiger partial charge in [0.05, 0.1) is 12.8 Å². The van der Waals surface area contributed by atoms with Crippen LogP contribution in [0.15, 0.2) is 54.6 Å². The zero-order valence-electron chi connectivity index (χ0n) is 14.4. The Hall–Kier alpha value is -2.59. The fourth-order valence-electron chi connectivity index (χ4n) is 3.94. The van der Waals surface area contributed by atoms with Gasteiger partial charge in [-0.1, -0.05) is 48.5 Å². The predicted molar refractivity (Wildman–Crippen MR) is 97.2 cm³/mol. The largest absolute Gasteiger partial charge is 0.465 e. The van der Waals surface area contributed by atoms with E-state index in [0.29, 0.717) is 6.42 Å². The molecule has 2 atom stereocenters. The molecule has 4 rings (SSSR count). The van der Waals surface area contributed by atoms with E-state index >= 15 is 0 Å². The summed E-state index contributed by atoms with van der Waals surface area (Å²) in [6.45, 7) is 0. The van der Waals surface area contributed by atoms with Crippen molar-refractivity contribution in [3.8, 4) is 0 Å². The molecular formula is C21H23N2O2+. The highest BCUT2D eigenvalue weighted by atomic mass is 16.5. The summed E-state index contributed by atoms with van der Waals surface area (Å²) in [6.07, 6.45) is 2.69. The van der Waals surface area contributed by atoms with Gasteiger partial charge in [0.1, 0.15) is 6.04 Å². The Morgan fingerprint density at radius 3 is 2.72 bits per heavy atom. The molecule has 4 nitrogen and oxygen atoms in total. The first-order valence-corrected chi connectivity index (χ1v) is 8.82. The van der Waals surface area contributed by atoms with Crippen LogP contribution in [0.4, 0.5) is 0 Å². The number of para-hydroxylation sites is 1. The lowest BCUT2D eigenvalue weighted by atomic mass is 9.91. The third-order valence-corrected chi connectivity index (χ3v) is 5.20. The van der Waals surface area contributed by atoms with Crippen molar-refractivity contribution < 1.29 is 14.8 Å². The lowest BCUT2D eigenvalue weighted by Crippen LogP contribution is -2.94. The van der Waals surface area contributed by atoms with Gasteiger partial charge in [-0.05, 0) is 23.6 Å². The molecule has 2 aromatic carbocycles. The first-order valence-electron chi connectivity index (χ1n) is 8.82. The highest BCUT2D eigenvalue weighted by Gasteiger charge is 2.37. The summed E-state index contributed by atoms with van der Waals surface area (Å²) in [4.78, 5) is 15.8. The van der Waals surface area contributed by atoms with Crippen molar-refractivity contribution in [2.45, 2.75) is 31.3 Å². The van der Waals surface area contributed by atoms with Crippen molar-refractivity contribution in [1.29, 1.82) is 0 Å². The number of carbonyl (C=O) groups is 1. The molecule has 1 aliphatic rings. The lowest BCUT2D eigenvalue weighted by Gasteiger charge is -2.26. The van der Waals surface area contributed by atoms with Crippen molar-refractivity contribution >= 4 is 16.9 Å². The number of hydrogen-bond donors (Lipinski definition) is 2. The molecule has 25 heavy (non-hydrogen) atoms. The molecule has 0 spiro atoms. The molecule has 3 aromatic rings. The molecule has 0 radical (unpaired) electrons. The normalized spacial score (nSPS) is 19.6. The second-order valence-corrected chi connectivity index (χ2v) is 6.72. The number of carbonyl (C=O) groups excluding carboxylic acids is 1. The fourth-order valence-corrected chi connectivity index (χ4v) is 3.94. The number of hydrogen-bond acceptors (Lipinski definition) is 2. The second-order valence-electron chi connectivity index (χ2n) is 6.72. The fraction of sp³-hybridized carbons (Fsp3) is 0.286. The molecule has 2 heterocycles. The van der Waals surface area contributed by atoms with Gasteiger partial charge >= 0.3 is 5.97 Å². The maximum Gasteiger partial charge on any atom is 0.364 e. The van der Waals surface area contributed by atoms with Crippen molar-refractivity contribution in [3.63, 3.8) is 0 Å². The summed E-state index contributed by atoms with van der Waals surface area (Å²) in [5.41, 5.74) is 5.01. The summed E-state index contributed by atoms with van der Waals surface area (Å²) in [6, 6.07) is 18.9. The summed E-state index contributed by atoms with van der Waals surface area (Å²) in [5.74, 6) is -0.138. The number of quaternary nitrogens is 1. The van der Waals surface area contributed by atoms with E-state index in [4.69, 9.17) is 4.74 Å². The Morgan fingerprint density at radius 2 is 1.92 bits per heavy atom. The monoisotopic (exact) mass is 335 g/mol. The topological polar surface area (TPSA) is 58.7 Å². The molecule has 128 valence electrons. The number of rotatable bonds is 4. The zero-order valence-corrected chi connectivity index (χ0v) is 14.4. The van der Waals surface area contributed by atoms with Gasteiger partial charge in [0.2, 0.25) is 0 Å². The summed E-state index contributed by atoms with van der Waals surface area (Å²) in [7, 11) is 1.47. The first-order chi connectivity index (χ1) is 12.3. The van der Waals surface area contributed by atoms with Crippen LogP contribution >= 0.6 is 0 Å². The van der Waals surface area contributed by atoms with Crippen LogP contribution in [0.3, 0.4) is 0 Å². The molecule has 1 aromatic heterocycles. The average Bonchev–Trinajstić information content (AvgIpc) is 3.05. The van der Waals surface area contributed by atoms with Crippen LogP contribution in [0.1, 0.15) is 29.3 Å². The summed E-state index contributed by atoms with van der Waals surface area (Å²) in [5, 5.41) is 3.40. The van der Waals surface area contributed by atoms with Gasteiger partial charge in [-0.3, -0.25) is 0 Å². The van der Waals surface area contributed by atoms with Gasteiger partial charge in [-0.15, -0.1) is 0 Å². The van der Waals surface area contributed by atoms with E-state index in [1.165, 1.54) is 29.3 Å². The van der Waals surface area contributed by atoms with E-state index in [1.807, 2.05) is 12.1 Å². The zero-order chi connectivity index (χ0) is 17.2. The molecule has 0 saturated carbocycles. The molecule has 0 fully saturated rings. The SMILES string of the molecule is COC(=O)[C@H]1Cc2c([nH]c3ccccc23)[C@H](CCc2ccccc2)[NH2+]1.